The largest absolute Gasteiger partial charge is 0.481 e. The number of aliphatic carboxylic acids is 1. The summed E-state index contributed by atoms with van der Waals surface area (Å²) >= 11 is 0. The van der Waals surface area contributed by atoms with Gasteiger partial charge >= 0.3 is 18.1 Å². The van der Waals surface area contributed by atoms with Gasteiger partial charge in [0.25, 0.3) is 0 Å². The molecule has 194 valence electrons. The molecular formula is C26H40F3NO4. The zero-order chi connectivity index (χ0) is 26.4. The lowest BCUT2D eigenvalue weighted by molar-refractivity contribution is -0.161. The van der Waals surface area contributed by atoms with E-state index in [4.69, 9.17) is 4.74 Å². The Morgan fingerprint density at radius 1 is 1.03 bits per heavy atom. The van der Waals surface area contributed by atoms with E-state index < -0.39 is 35.5 Å². The van der Waals surface area contributed by atoms with Crippen molar-refractivity contribution in [2.45, 2.75) is 85.2 Å². The molecule has 3 atom stereocenters. The normalized spacial score (nSPS) is 16.9. The standard InChI is InChI=1S/C26H40F3NO4/c1-8-24(6,22(33)34-14-13-30-17-26(27,28)29)16-25(7,21(31)32)15-18(2)19-9-11-20(12-10-19)23(3,4)5/h9-12,18,30H,8,13-17H2,1-7H3,(H,31,32). The van der Waals surface area contributed by atoms with Gasteiger partial charge in [-0.3, -0.25) is 9.59 Å². The number of hydrogen-bond donors (Lipinski definition) is 2. The van der Waals surface area contributed by atoms with Crippen LogP contribution in [0, 0.1) is 10.8 Å². The monoisotopic (exact) mass is 487 g/mol. The average molecular weight is 488 g/mol. The Labute approximate surface area is 201 Å². The minimum atomic E-state index is -4.34. The molecule has 1 aromatic rings. The second kappa shape index (κ2) is 11.6. The molecule has 1 rings (SSSR count). The van der Waals surface area contributed by atoms with Crippen LogP contribution in [0.1, 0.15) is 84.8 Å². The summed E-state index contributed by atoms with van der Waals surface area (Å²) in [4.78, 5) is 25.1. The van der Waals surface area contributed by atoms with Gasteiger partial charge in [0.05, 0.1) is 17.4 Å². The fourth-order valence-corrected chi connectivity index (χ4v) is 4.16. The van der Waals surface area contributed by atoms with E-state index in [-0.39, 0.29) is 30.9 Å². The maximum Gasteiger partial charge on any atom is 0.401 e. The number of nitrogens with one attached hydrogen (secondary N) is 1. The molecule has 0 aliphatic heterocycles. The van der Waals surface area contributed by atoms with Crippen molar-refractivity contribution in [1.29, 1.82) is 0 Å². The van der Waals surface area contributed by atoms with Crippen molar-refractivity contribution < 1.29 is 32.6 Å². The molecule has 0 radical (unpaired) electrons. The number of alkyl halides is 3. The molecular weight excluding hydrogens is 447 g/mol. The van der Waals surface area contributed by atoms with Crippen molar-refractivity contribution in [2.24, 2.45) is 10.8 Å². The third-order valence-corrected chi connectivity index (χ3v) is 6.51. The smallest absolute Gasteiger partial charge is 0.401 e. The van der Waals surface area contributed by atoms with E-state index >= 15 is 0 Å². The van der Waals surface area contributed by atoms with E-state index in [0.717, 1.165) is 5.56 Å². The van der Waals surface area contributed by atoms with Crippen molar-refractivity contribution in [3.05, 3.63) is 35.4 Å². The lowest BCUT2D eigenvalue weighted by Gasteiger charge is -2.36. The summed E-state index contributed by atoms with van der Waals surface area (Å²) in [6.45, 7) is 11.9. The molecule has 0 saturated heterocycles. The van der Waals surface area contributed by atoms with Gasteiger partial charge in [0, 0.05) is 6.54 Å². The number of carbonyl (C=O) groups is 2. The molecule has 0 aliphatic rings. The molecule has 0 aliphatic carbocycles. The van der Waals surface area contributed by atoms with Crippen molar-refractivity contribution >= 4 is 11.9 Å². The second-order valence-corrected chi connectivity index (χ2v) is 10.9. The number of halogens is 3. The first-order chi connectivity index (χ1) is 15.4. The minimum absolute atomic E-state index is 0.0168. The molecule has 3 unspecified atom stereocenters. The van der Waals surface area contributed by atoms with Crippen LogP contribution in [0.4, 0.5) is 13.2 Å². The second-order valence-electron chi connectivity index (χ2n) is 10.9. The highest BCUT2D eigenvalue weighted by atomic mass is 19.4. The quantitative estimate of drug-likeness (QED) is 0.276. The maximum atomic E-state index is 12.8. The van der Waals surface area contributed by atoms with Crippen LogP contribution in [-0.2, 0) is 19.7 Å². The van der Waals surface area contributed by atoms with E-state index in [1.807, 2.05) is 19.1 Å². The Hall–Kier alpha value is -2.09. The summed E-state index contributed by atoms with van der Waals surface area (Å²) in [7, 11) is 0. The molecule has 0 heterocycles. The molecule has 0 saturated carbocycles. The van der Waals surface area contributed by atoms with Crippen LogP contribution in [0.3, 0.4) is 0 Å². The summed E-state index contributed by atoms with van der Waals surface area (Å²) in [6.07, 6.45) is -3.60. The zero-order valence-electron chi connectivity index (χ0n) is 21.4. The Kier molecular flexibility index (Phi) is 10.2. The van der Waals surface area contributed by atoms with Crippen LogP contribution in [0.25, 0.3) is 0 Å². The van der Waals surface area contributed by atoms with E-state index in [1.165, 1.54) is 5.56 Å². The zero-order valence-corrected chi connectivity index (χ0v) is 21.4. The number of carboxylic acid groups (broad SMARTS) is 1. The van der Waals surface area contributed by atoms with Crippen LogP contribution in [-0.4, -0.2) is 42.9 Å². The Morgan fingerprint density at radius 3 is 2.03 bits per heavy atom. The highest BCUT2D eigenvalue weighted by Gasteiger charge is 2.45. The summed E-state index contributed by atoms with van der Waals surface area (Å²) in [5.74, 6) is -1.65. The Morgan fingerprint density at radius 2 is 1.59 bits per heavy atom. The van der Waals surface area contributed by atoms with Gasteiger partial charge in [-0.25, -0.2) is 0 Å². The van der Waals surface area contributed by atoms with Crippen molar-refractivity contribution in [1.82, 2.24) is 5.32 Å². The first-order valence-corrected chi connectivity index (χ1v) is 11.7. The first kappa shape index (κ1) is 29.9. The molecule has 0 aromatic heterocycles. The third kappa shape index (κ3) is 8.93. The van der Waals surface area contributed by atoms with Crippen molar-refractivity contribution in [3.63, 3.8) is 0 Å². The van der Waals surface area contributed by atoms with Crippen LogP contribution in [0.2, 0.25) is 0 Å². The summed E-state index contributed by atoms with van der Waals surface area (Å²) in [5, 5.41) is 12.3. The number of carbonyl (C=O) groups excluding carboxylic acids is 1. The number of hydrogen-bond acceptors (Lipinski definition) is 4. The SMILES string of the molecule is CCC(C)(CC(C)(CC(C)c1ccc(C(C)(C)C)cc1)C(=O)O)C(=O)OCCNCC(F)(F)F. The number of esters is 1. The fraction of sp³-hybridized carbons (Fsp3) is 0.692. The third-order valence-electron chi connectivity index (χ3n) is 6.51. The van der Waals surface area contributed by atoms with E-state index in [2.05, 4.69) is 38.2 Å². The molecule has 0 fully saturated rings. The van der Waals surface area contributed by atoms with Gasteiger partial charge in [0.1, 0.15) is 6.61 Å². The maximum absolute atomic E-state index is 12.8. The Balaban J connectivity index is 2.89. The molecule has 0 amide bonds. The van der Waals surface area contributed by atoms with Gasteiger partial charge in [-0.15, -0.1) is 0 Å². The molecule has 0 bridgehead atoms. The number of rotatable bonds is 12. The Bertz CT molecular complexity index is 817. The first-order valence-electron chi connectivity index (χ1n) is 11.7. The highest BCUT2D eigenvalue weighted by molar-refractivity contribution is 5.79. The molecule has 0 spiro atoms. The molecule has 2 N–H and O–H groups in total. The van der Waals surface area contributed by atoms with Gasteiger partial charge in [-0.1, -0.05) is 58.9 Å². The van der Waals surface area contributed by atoms with Gasteiger partial charge in [0.15, 0.2) is 0 Å². The van der Waals surface area contributed by atoms with Crippen LogP contribution < -0.4 is 5.32 Å². The highest BCUT2D eigenvalue weighted by Crippen LogP contribution is 2.43. The van der Waals surface area contributed by atoms with E-state index in [1.54, 1.807) is 20.8 Å². The van der Waals surface area contributed by atoms with Crippen molar-refractivity contribution in [2.75, 3.05) is 19.7 Å². The fourth-order valence-electron chi connectivity index (χ4n) is 4.16. The lowest BCUT2D eigenvalue weighted by Crippen LogP contribution is -2.41. The van der Waals surface area contributed by atoms with Crippen LogP contribution >= 0.6 is 0 Å². The van der Waals surface area contributed by atoms with Gasteiger partial charge in [0.2, 0.25) is 0 Å². The minimum Gasteiger partial charge on any atom is -0.481 e. The summed E-state index contributed by atoms with van der Waals surface area (Å²) in [6, 6.07) is 8.16. The average Bonchev–Trinajstić information content (AvgIpc) is 2.71. The van der Waals surface area contributed by atoms with Crippen LogP contribution in [0.5, 0.6) is 0 Å². The predicted molar refractivity (Wildman–Crippen MR) is 127 cm³/mol. The van der Waals surface area contributed by atoms with Gasteiger partial charge in [-0.05, 0) is 55.6 Å². The van der Waals surface area contributed by atoms with E-state index in [0.29, 0.717) is 12.8 Å². The van der Waals surface area contributed by atoms with Gasteiger partial charge < -0.3 is 15.2 Å². The van der Waals surface area contributed by atoms with E-state index in [9.17, 15) is 27.9 Å². The molecule has 1 aromatic carbocycles. The summed E-state index contributed by atoms with van der Waals surface area (Å²) in [5.41, 5.74) is -0.0384. The predicted octanol–water partition coefficient (Wildman–Crippen LogP) is 6.07. The molecule has 8 heteroatoms. The van der Waals surface area contributed by atoms with Crippen molar-refractivity contribution in [3.8, 4) is 0 Å². The lowest BCUT2D eigenvalue weighted by atomic mass is 9.67. The van der Waals surface area contributed by atoms with Gasteiger partial charge in [-0.2, -0.15) is 13.2 Å². The summed E-state index contributed by atoms with van der Waals surface area (Å²) < 4.78 is 41.9. The molecule has 5 nitrogen and oxygen atoms in total. The number of benzene rings is 1. The van der Waals surface area contributed by atoms with Crippen LogP contribution in [0.15, 0.2) is 24.3 Å². The molecule has 34 heavy (non-hydrogen) atoms. The topological polar surface area (TPSA) is 75.6 Å². The number of ether oxygens (including phenoxy) is 1. The number of carboxylic acids is 1.